The maximum atomic E-state index is 6.54. The molecule has 0 spiro atoms. The second-order valence-corrected chi connectivity index (χ2v) is 14.4. The van der Waals surface area contributed by atoms with E-state index in [0.717, 1.165) is 98.3 Å². The molecular formula is C51H30N4O. The molecular weight excluding hydrogens is 685 g/mol. The summed E-state index contributed by atoms with van der Waals surface area (Å²) in [6, 6.07) is 63.9. The first-order chi connectivity index (χ1) is 27.7. The van der Waals surface area contributed by atoms with Gasteiger partial charge in [-0.2, -0.15) is 9.97 Å². The number of furan rings is 1. The SMILES string of the molecule is c1ccc(-c2ccc3cccc(-c4nc(-c5cccc6oc7cc8ccccc8cc7c56)nc(-n5c6ccccc6c6ccc7ccccc7c65)n4)c3c2)cc1. The van der Waals surface area contributed by atoms with Crippen LogP contribution in [0, 0.1) is 0 Å². The van der Waals surface area contributed by atoms with Gasteiger partial charge in [0.15, 0.2) is 11.6 Å². The third kappa shape index (κ3) is 4.64. The lowest BCUT2D eigenvalue weighted by Gasteiger charge is -2.14. The van der Waals surface area contributed by atoms with E-state index in [-0.39, 0.29) is 0 Å². The molecule has 0 unspecified atom stereocenters. The fourth-order valence-corrected chi connectivity index (χ4v) is 8.62. The summed E-state index contributed by atoms with van der Waals surface area (Å²) >= 11 is 0. The Balaban J connectivity index is 1.20. The van der Waals surface area contributed by atoms with Crippen LogP contribution in [0.25, 0.3) is 116 Å². The molecule has 0 saturated carbocycles. The molecule has 9 aromatic carbocycles. The van der Waals surface area contributed by atoms with Crippen molar-refractivity contribution in [2.24, 2.45) is 0 Å². The van der Waals surface area contributed by atoms with E-state index in [1.165, 1.54) is 0 Å². The van der Waals surface area contributed by atoms with Crippen LogP contribution in [-0.2, 0) is 0 Å². The molecule has 12 aromatic rings. The third-order valence-corrected chi connectivity index (χ3v) is 11.2. The average molecular weight is 715 g/mol. The zero-order valence-corrected chi connectivity index (χ0v) is 30.0. The molecule has 5 nitrogen and oxygen atoms in total. The lowest BCUT2D eigenvalue weighted by Crippen LogP contribution is -2.07. The first-order valence-electron chi connectivity index (χ1n) is 18.9. The number of hydrogen-bond acceptors (Lipinski definition) is 4. The molecule has 0 aliphatic carbocycles. The van der Waals surface area contributed by atoms with E-state index < -0.39 is 0 Å². The van der Waals surface area contributed by atoms with Gasteiger partial charge in [0.1, 0.15) is 11.2 Å². The van der Waals surface area contributed by atoms with Crippen molar-refractivity contribution in [2.45, 2.75) is 0 Å². The number of fused-ring (bicyclic) bond motifs is 10. The van der Waals surface area contributed by atoms with Gasteiger partial charge in [0, 0.05) is 38.1 Å². The number of benzene rings is 9. The standard InChI is InChI=1S/C51H30N4O/c1-2-12-31(13-3-1)36-25-24-33-17-10-20-40(42(33)28-36)49-52-50(41-21-11-23-45-47(41)43-29-34-15-4-5-16-35(34)30-46(43)56-45)54-51(53-49)55-44-22-9-8-19-38(44)39-27-26-32-14-6-7-18-37(32)48(39)55/h1-30H. The van der Waals surface area contributed by atoms with Crippen LogP contribution >= 0.6 is 0 Å². The molecule has 0 aliphatic rings. The largest absolute Gasteiger partial charge is 0.456 e. The minimum absolute atomic E-state index is 0.555. The summed E-state index contributed by atoms with van der Waals surface area (Å²) in [5.74, 6) is 1.73. The van der Waals surface area contributed by atoms with Crippen LogP contribution in [0.2, 0.25) is 0 Å². The highest BCUT2D eigenvalue weighted by atomic mass is 16.3. The van der Waals surface area contributed by atoms with E-state index in [4.69, 9.17) is 19.4 Å². The van der Waals surface area contributed by atoms with Crippen LogP contribution < -0.4 is 0 Å². The Labute approximate surface area is 320 Å². The minimum Gasteiger partial charge on any atom is -0.456 e. The van der Waals surface area contributed by atoms with E-state index >= 15 is 0 Å². The second kappa shape index (κ2) is 11.9. The Kier molecular flexibility index (Phi) is 6.56. The van der Waals surface area contributed by atoms with Crippen molar-refractivity contribution < 1.29 is 4.42 Å². The highest BCUT2D eigenvalue weighted by molar-refractivity contribution is 6.19. The number of rotatable bonds is 4. The van der Waals surface area contributed by atoms with Gasteiger partial charge in [-0.1, -0.05) is 152 Å². The van der Waals surface area contributed by atoms with Crippen molar-refractivity contribution in [3.05, 3.63) is 182 Å². The van der Waals surface area contributed by atoms with Gasteiger partial charge in [-0.05, 0) is 68.4 Å². The van der Waals surface area contributed by atoms with E-state index in [1.54, 1.807) is 0 Å². The fraction of sp³-hybridized carbons (Fsp3) is 0. The number of para-hydroxylation sites is 1. The maximum absolute atomic E-state index is 6.54. The van der Waals surface area contributed by atoms with Crippen LogP contribution in [0.1, 0.15) is 0 Å². The molecule has 3 heterocycles. The molecule has 5 heteroatoms. The van der Waals surface area contributed by atoms with Crippen LogP contribution in [0.5, 0.6) is 0 Å². The van der Waals surface area contributed by atoms with E-state index in [9.17, 15) is 0 Å². The molecule has 3 aromatic heterocycles. The summed E-state index contributed by atoms with van der Waals surface area (Å²) in [4.78, 5) is 16.2. The first-order valence-corrected chi connectivity index (χ1v) is 18.9. The third-order valence-electron chi connectivity index (χ3n) is 11.2. The van der Waals surface area contributed by atoms with Crippen LogP contribution in [0.4, 0.5) is 0 Å². The minimum atomic E-state index is 0.555. The second-order valence-electron chi connectivity index (χ2n) is 14.4. The molecule has 0 saturated heterocycles. The monoisotopic (exact) mass is 714 g/mol. The molecule has 0 aliphatic heterocycles. The molecule has 0 amide bonds. The summed E-state index contributed by atoms with van der Waals surface area (Å²) < 4.78 is 8.77. The molecule has 260 valence electrons. The highest BCUT2D eigenvalue weighted by Gasteiger charge is 2.22. The highest BCUT2D eigenvalue weighted by Crippen LogP contribution is 2.41. The summed E-state index contributed by atoms with van der Waals surface area (Å²) in [5, 5.41) is 11.1. The summed E-state index contributed by atoms with van der Waals surface area (Å²) in [6.45, 7) is 0. The van der Waals surface area contributed by atoms with Gasteiger partial charge in [0.2, 0.25) is 5.95 Å². The Morgan fingerprint density at radius 3 is 1.91 bits per heavy atom. The number of nitrogens with zero attached hydrogens (tertiary/aromatic N) is 4. The van der Waals surface area contributed by atoms with Gasteiger partial charge in [-0.25, -0.2) is 4.98 Å². The predicted molar refractivity (Wildman–Crippen MR) is 230 cm³/mol. The van der Waals surface area contributed by atoms with Crippen molar-refractivity contribution in [1.29, 1.82) is 0 Å². The molecule has 56 heavy (non-hydrogen) atoms. The van der Waals surface area contributed by atoms with Gasteiger partial charge >= 0.3 is 0 Å². The van der Waals surface area contributed by atoms with Crippen molar-refractivity contribution in [3.63, 3.8) is 0 Å². The maximum Gasteiger partial charge on any atom is 0.238 e. The van der Waals surface area contributed by atoms with Gasteiger partial charge in [0.05, 0.1) is 11.0 Å². The average Bonchev–Trinajstić information content (AvgIpc) is 3.81. The molecule has 0 N–H and O–H groups in total. The Morgan fingerprint density at radius 1 is 0.375 bits per heavy atom. The smallest absolute Gasteiger partial charge is 0.238 e. The van der Waals surface area contributed by atoms with E-state index in [2.05, 4.69) is 168 Å². The van der Waals surface area contributed by atoms with Gasteiger partial charge in [-0.3, -0.25) is 4.57 Å². The summed E-state index contributed by atoms with van der Waals surface area (Å²) in [5.41, 5.74) is 7.83. The van der Waals surface area contributed by atoms with Gasteiger partial charge < -0.3 is 4.42 Å². The molecule has 0 fully saturated rings. The first kappa shape index (κ1) is 30.8. The number of hydrogen-bond donors (Lipinski definition) is 0. The predicted octanol–water partition coefficient (Wildman–Crippen LogP) is 13.3. The lowest BCUT2D eigenvalue weighted by molar-refractivity contribution is 0.669. The van der Waals surface area contributed by atoms with Crippen LogP contribution in [-0.4, -0.2) is 19.5 Å². The zero-order chi connectivity index (χ0) is 36.7. The molecule has 0 radical (unpaired) electrons. The summed E-state index contributed by atoms with van der Waals surface area (Å²) in [6.07, 6.45) is 0. The topological polar surface area (TPSA) is 56.7 Å². The molecule has 0 atom stereocenters. The van der Waals surface area contributed by atoms with Crippen molar-refractivity contribution in [3.8, 4) is 39.9 Å². The Morgan fingerprint density at radius 2 is 1.04 bits per heavy atom. The lowest BCUT2D eigenvalue weighted by atomic mass is 9.98. The van der Waals surface area contributed by atoms with Gasteiger partial charge in [0.25, 0.3) is 0 Å². The Bertz CT molecular complexity index is 3540. The number of aromatic nitrogens is 4. The van der Waals surface area contributed by atoms with E-state index in [0.29, 0.717) is 17.6 Å². The quantitative estimate of drug-likeness (QED) is 0.182. The molecule has 12 rings (SSSR count). The van der Waals surface area contributed by atoms with Crippen molar-refractivity contribution >= 4 is 76.1 Å². The normalized spacial score (nSPS) is 11.9. The van der Waals surface area contributed by atoms with Crippen molar-refractivity contribution in [2.75, 3.05) is 0 Å². The van der Waals surface area contributed by atoms with Crippen LogP contribution in [0.3, 0.4) is 0 Å². The van der Waals surface area contributed by atoms with Crippen molar-refractivity contribution in [1.82, 2.24) is 19.5 Å². The van der Waals surface area contributed by atoms with Gasteiger partial charge in [-0.15, -0.1) is 0 Å². The summed E-state index contributed by atoms with van der Waals surface area (Å²) in [7, 11) is 0. The Hall–Kier alpha value is -7.63. The fourth-order valence-electron chi connectivity index (χ4n) is 8.62. The molecule has 0 bridgehead atoms. The zero-order valence-electron chi connectivity index (χ0n) is 30.0. The van der Waals surface area contributed by atoms with Crippen LogP contribution in [0.15, 0.2) is 186 Å². The van der Waals surface area contributed by atoms with E-state index in [1.807, 2.05) is 18.2 Å².